The lowest BCUT2D eigenvalue weighted by molar-refractivity contribution is -0.122. The van der Waals surface area contributed by atoms with Gasteiger partial charge in [-0.15, -0.1) is 0 Å². The van der Waals surface area contributed by atoms with E-state index in [-0.39, 0.29) is 36.6 Å². The number of hydrogen-bond donors (Lipinski definition) is 1. The molecule has 178 valence electrons. The number of nitrogens with one attached hydrogen (secondary N) is 1. The van der Waals surface area contributed by atoms with Crippen molar-refractivity contribution < 1.29 is 18.8 Å². The molecular formula is C28H27N3O4. The van der Waals surface area contributed by atoms with Gasteiger partial charge < -0.3 is 19.5 Å². The highest BCUT2D eigenvalue weighted by Gasteiger charge is 2.24. The first-order valence-electron chi connectivity index (χ1n) is 11.3. The fourth-order valence-corrected chi connectivity index (χ4v) is 3.72. The van der Waals surface area contributed by atoms with Crippen LogP contribution in [-0.2, 0) is 11.3 Å². The van der Waals surface area contributed by atoms with Gasteiger partial charge in [0.2, 0.25) is 5.91 Å². The van der Waals surface area contributed by atoms with Crippen molar-refractivity contribution in [2.75, 3.05) is 13.7 Å². The van der Waals surface area contributed by atoms with Crippen LogP contribution in [-0.4, -0.2) is 35.5 Å². The van der Waals surface area contributed by atoms with Crippen molar-refractivity contribution in [2.24, 2.45) is 0 Å². The van der Waals surface area contributed by atoms with Crippen LogP contribution in [0.4, 0.5) is 0 Å². The fourth-order valence-electron chi connectivity index (χ4n) is 3.72. The summed E-state index contributed by atoms with van der Waals surface area (Å²) in [6.45, 7) is 2.06. The SMILES string of the molecule is COc1ccc(-c2cc(C(=O)N(CC(=O)N[C@H](C)c3ccccc3)Cc3ccccc3)no2)cc1. The molecular weight excluding hydrogens is 442 g/mol. The van der Waals surface area contributed by atoms with Gasteiger partial charge in [0.25, 0.3) is 5.91 Å². The predicted molar refractivity (Wildman–Crippen MR) is 133 cm³/mol. The first kappa shape index (κ1) is 23.8. The third-order valence-electron chi connectivity index (χ3n) is 5.62. The van der Waals surface area contributed by atoms with E-state index in [2.05, 4.69) is 10.5 Å². The molecule has 1 heterocycles. The third kappa shape index (κ3) is 6.14. The fraction of sp³-hybridized carbons (Fsp3) is 0.179. The standard InChI is InChI=1S/C28H27N3O4/c1-20(22-11-7-4-8-12-22)29-27(32)19-31(18-21-9-5-3-6-10-21)28(33)25-17-26(35-30-25)23-13-15-24(34-2)16-14-23/h3-17,20H,18-19H2,1-2H3,(H,29,32)/t20-/m1/s1. The number of carbonyl (C=O) groups is 2. The van der Waals surface area contributed by atoms with E-state index in [1.54, 1.807) is 25.3 Å². The smallest absolute Gasteiger partial charge is 0.276 e. The van der Waals surface area contributed by atoms with Crippen molar-refractivity contribution in [1.82, 2.24) is 15.4 Å². The molecule has 0 aliphatic carbocycles. The van der Waals surface area contributed by atoms with Gasteiger partial charge in [0, 0.05) is 18.2 Å². The van der Waals surface area contributed by atoms with Crippen LogP contribution < -0.4 is 10.1 Å². The molecule has 7 heteroatoms. The van der Waals surface area contributed by atoms with Crippen molar-refractivity contribution in [3.05, 3.63) is 108 Å². The summed E-state index contributed by atoms with van der Waals surface area (Å²) < 4.78 is 10.6. The maximum atomic E-state index is 13.4. The Hall–Kier alpha value is -4.39. The average Bonchev–Trinajstić information content (AvgIpc) is 3.39. The van der Waals surface area contributed by atoms with E-state index >= 15 is 0 Å². The van der Waals surface area contributed by atoms with E-state index in [9.17, 15) is 9.59 Å². The summed E-state index contributed by atoms with van der Waals surface area (Å²) in [5.41, 5.74) is 2.79. The molecule has 0 aliphatic rings. The average molecular weight is 470 g/mol. The molecule has 4 aromatic rings. The minimum absolute atomic E-state index is 0.115. The molecule has 0 saturated carbocycles. The number of amides is 2. The summed E-state index contributed by atoms with van der Waals surface area (Å²) >= 11 is 0. The molecule has 3 aromatic carbocycles. The molecule has 0 fully saturated rings. The maximum Gasteiger partial charge on any atom is 0.276 e. The van der Waals surface area contributed by atoms with Crippen LogP contribution in [0.5, 0.6) is 5.75 Å². The second kappa shape index (κ2) is 11.2. The largest absolute Gasteiger partial charge is 0.497 e. The molecule has 7 nitrogen and oxygen atoms in total. The Morgan fingerprint density at radius 2 is 1.63 bits per heavy atom. The van der Waals surface area contributed by atoms with Crippen molar-refractivity contribution >= 4 is 11.8 Å². The van der Waals surface area contributed by atoms with Crippen LogP contribution in [0.15, 0.2) is 95.5 Å². The van der Waals surface area contributed by atoms with E-state index in [4.69, 9.17) is 9.26 Å². The zero-order valence-corrected chi connectivity index (χ0v) is 19.7. The van der Waals surface area contributed by atoms with Crippen molar-refractivity contribution in [3.63, 3.8) is 0 Å². The monoisotopic (exact) mass is 469 g/mol. The van der Waals surface area contributed by atoms with Crippen LogP contribution in [0.3, 0.4) is 0 Å². The highest BCUT2D eigenvalue weighted by atomic mass is 16.5. The molecule has 1 aromatic heterocycles. The highest BCUT2D eigenvalue weighted by molar-refractivity contribution is 5.95. The molecule has 0 saturated heterocycles. The summed E-state index contributed by atoms with van der Waals surface area (Å²) in [4.78, 5) is 27.7. The van der Waals surface area contributed by atoms with Crippen LogP contribution in [0.25, 0.3) is 11.3 Å². The number of benzene rings is 3. The summed E-state index contributed by atoms with van der Waals surface area (Å²) in [5.74, 6) is 0.525. The lowest BCUT2D eigenvalue weighted by Gasteiger charge is -2.23. The van der Waals surface area contributed by atoms with Gasteiger partial charge in [-0.2, -0.15) is 0 Å². The molecule has 4 rings (SSSR count). The number of nitrogens with zero attached hydrogens (tertiary/aromatic N) is 2. The lowest BCUT2D eigenvalue weighted by Crippen LogP contribution is -2.41. The van der Waals surface area contributed by atoms with Crippen LogP contribution >= 0.6 is 0 Å². The molecule has 0 unspecified atom stereocenters. The first-order valence-corrected chi connectivity index (χ1v) is 11.3. The third-order valence-corrected chi connectivity index (χ3v) is 5.62. The van der Waals surface area contributed by atoms with Crippen LogP contribution in [0.1, 0.15) is 34.6 Å². The molecule has 1 N–H and O–H groups in total. The Bertz CT molecular complexity index is 1250. The number of rotatable bonds is 9. The number of carbonyl (C=O) groups excluding carboxylic acids is 2. The molecule has 0 radical (unpaired) electrons. The zero-order chi connectivity index (χ0) is 24.6. The van der Waals surface area contributed by atoms with Gasteiger partial charge in [-0.05, 0) is 42.3 Å². The molecule has 0 bridgehead atoms. The van der Waals surface area contributed by atoms with Gasteiger partial charge >= 0.3 is 0 Å². The molecule has 1 atom stereocenters. The maximum absolute atomic E-state index is 13.4. The first-order chi connectivity index (χ1) is 17.0. The lowest BCUT2D eigenvalue weighted by atomic mass is 10.1. The van der Waals surface area contributed by atoms with Crippen molar-refractivity contribution in [1.29, 1.82) is 0 Å². The number of aromatic nitrogens is 1. The van der Waals surface area contributed by atoms with Crippen LogP contribution in [0.2, 0.25) is 0 Å². The van der Waals surface area contributed by atoms with E-state index in [1.807, 2.05) is 79.7 Å². The topological polar surface area (TPSA) is 84.7 Å². The number of hydrogen-bond acceptors (Lipinski definition) is 5. The van der Waals surface area contributed by atoms with Crippen molar-refractivity contribution in [2.45, 2.75) is 19.5 Å². The Morgan fingerprint density at radius 3 is 2.29 bits per heavy atom. The van der Waals surface area contributed by atoms with Gasteiger partial charge in [0.15, 0.2) is 11.5 Å². The highest BCUT2D eigenvalue weighted by Crippen LogP contribution is 2.24. The van der Waals surface area contributed by atoms with Gasteiger partial charge in [-0.1, -0.05) is 65.8 Å². The van der Waals surface area contributed by atoms with E-state index in [0.717, 1.165) is 16.7 Å². The predicted octanol–water partition coefficient (Wildman–Crippen LogP) is 4.87. The summed E-state index contributed by atoms with van der Waals surface area (Å²) in [5, 5.41) is 6.96. The van der Waals surface area contributed by atoms with Gasteiger partial charge in [0.1, 0.15) is 12.3 Å². The van der Waals surface area contributed by atoms with Crippen molar-refractivity contribution in [3.8, 4) is 17.1 Å². The van der Waals surface area contributed by atoms with Gasteiger partial charge in [-0.25, -0.2) is 0 Å². The van der Waals surface area contributed by atoms with Gasteiger partial charge in [0.05, 0.1) is 13.2 Å². The second-order valence-corrected chi connectivity index (χ2v) is 8.15. The van der Waals surface area contributed by atoms with E-state index in [0.29, 0.717) is 11.5 Å². The normalized spacial score (nSPS) is 11.5. The molecule has 2 amide bonds. The minimum atomic E-state index is -0.389. The summed E-state index contributed by atoms with van der Waals surface area (Å²) in [6, 6.07) is 27.9. The molecule has 0 spiro atoms. The molecule has 0 aliphatic heterocycles. The summed E-state index contributed by atoms with van der Waals surface area (Å²) in [7, 11) is 1.60. The minimum Gasteiger partial charge on any atom is -0.497 e. The Morgan fingerprint density at radius 1 is 0.971 bits per heavy atom. The summed E-state index contributed by atoms with van der Waals surface area (Å²) in [6.07, 6.45) is 0. The van der Waals surface area contributed by atoms with E-state index < -0.39 is 0 Å². The quantitative estimate of drug-likeness (QED) is 0.378. The van der Waals surface area contributed by atoms with Gasteiger partial charge in [-0.3, -0.25) is 9.59 Å². The van der Waals surface area contributed by atoms with E-state index in [1.165, 1.54) is 4.90 Å². The number of ether oxygens (including phenoxy) is 1. The Kier molecular flexibility index (Phi) is 7.57. The zero-order valence-electron chi connectivity index (χ0n) is 19.7. The van der Waals surface area contributed by atoms with Crippen LogP contribution in [0, 0.1) is 0 Å². The molecule has 35 heavy (non-hydrogen) atoms. The Labute approximate surface area is 204 Å². The Balaban J connectivity index is 1.51. The second-order valence-electron chi connectivity index (χ2n) is 8.15. The number of methoxy groups -OCH3 is 1.